The van der Waals surface area contributed by atoms with E-state index in [1.807, 2.05) is 41.1 Å². The van der Waals surface area contributed by atoms with Crippen LogP contribution in [-0.2, 0) is 14.2 Å². The van der Waals surface area contributed by atoms with Crippen LogP contribution in [0.5, 0.6) is 0 Å². The van der Waals surface area contributed by atoms with Crippen molar-refractivity contribution in [3.63, 3.8) is 0 Å². The fraction of sp³-hybridized carbons (Fsp3) is 0.412. The van der Waals surface area contributed by atoms with Crippen molar-refractivity contribution in [2.75, 3.05) is 6.61 Å². The molecule has 0 N–H and O–H groups in total. The van der Waals surface area contributed by atoms with E-state index in [-0.39, 0.29) is 24.4 Å². The van der Waals surface area contributed by atoms with Crippen molar-refractivity contribution in [2.45, 2.75) is 31.1 Å². The quantitative estimate of drug-likeness (QED) is 0.870. The Morgan fingerprint density at radius 2 is 2.13 bits per heavy atom. The molecule has 2 fully saturated rings. The molecule has 2 aromatic rings. The number of benzene rings is 1. The molecule has 0 bridgehead atoms. The van der Waals surface area contributed by atoms with E-state index in [1.54, 1.807) is 12.5 Å². The minimum atomic E-state index is -0.413. The lowest BCUT2D eigenvalue weighted by Crippen LogP contribution is -2.40. The fourth-order valence-corrected chi connectivity index (χ4v) is 3.30. The second kappa shape index (κ2) is 6.13. The summed E-state index contributed by atoms with van der Waals surface area (Å²) in [6.07, 6.45) is 4.64. The Morgan fingerprint density at radius 1 is 1.26 bits per heavy atom. The van der Waals surface area contributed by atoms with Crippen LogP contribution in [-0.4, -0.2) is 28.4 Å². The van der Waals surface area contributed by atoms with Crippen LogP contribution in [0.25, 0.3) is 0 Å². The van der Waals surface area contributed by atoms with Crippen molar-refractivity contribution in [1.29, 1.82) is 5.26 Å². The molecule has 1 aromatic heterocycles. The molecule has 1 aromatic carbocycles. The maximum Gasteiger partial charge on any atom is 0.184 e. The van der Waals surface area contributed by atoms with Gasteiger partial charge >= 0.3 is 0 Å². The molecule has 0 amide bonds. The minimum Gasteiger partial charge on any atom is -0.349 e. The second-order valence-corrected chi connectivity index (χ2v) is 5.78. The summed E-state index contributed by atoms with van der Waals surface area (Å²) in [5.74, 6) is -0.0469. The van der Waals surface area contributed by atoms with Crippen LogP contribution < -0.4 is 0 Å². The molecule has 2 saturated heterocycles. The molecule has 2 aliphatic rings. The Morgan fingerprint density at radius 3 is 2.87 bits per heavy atom. The van der Waals surface area contributed by atoms with E-state index < -0.39 is 6.29 Å². The summed E-state index contributed by atoms with van der Waals surface area (Å²) in [4.78, 5) is 4.07. The van der Waals surface area contributed by atoms with Crippen LogP contribution in [0.4, 0.5) is 0 Å². The molecule has 0 spiro atoms. The molecular formula is C17H17N3O3. The molecule has 1 unspecified atom stereocenters. The highest BCUT2D eigenvalue weighted by Crippen LogP contribution is 2.43. The van der Waals surface area contributed by atoms with Crippen LogP contribution >= 0.6 is 0 Å². The van der Waals surface area contributed by atoms with E-state index >= 15 is 0 Å². The monoisotopic (exact) mass is 311 g/mol. The molecule has 0 aliphatic carbocycles. The van der Waals surface area contributed by atoms with Gasteiger partial charge in [0, 0.05) is 30.3 Å². The maximum absolute atomic E-state index is 9.20. The third kappa shape index (κ3) is 2.63. The van der Waals surface area contributed by atoms with E-state index in [9.17, 15) is 5.26 Å². The number of ether oxygens (including phenoxy) is 3. The molecule has 0 saturated carbocycles. The van der Waals surface area contributed by atoms with Gasteiger partial charge in [-0.3, -0.25) is 0 Å². The smallest absolute Gasteiger partial charge is 0.184 e. The zero-order chi connectivity index (χ0) is 15.6. The summed E-state index contributed by atoms with van der Waals surface area (Å²) in [7, 11) is 0. The Balaban J connectivity index is 1.58. The number of fused-ring (bicyclic) bond motifs is 1. The van der Waals surface area contributed by atoms with Crippen LogP contribution in [0, 0.1) is 17.2 Å². The van der Waals surface area contributed by atoms with E-state index in [0.29, 0.717) is 13.0 Å². The van der Waals surface area contributed by atoms with Crippen LogP contribution in [0.1, 0.15) is 24.5 Å². The third-order valence-electron chi connectivity index (χ3n) is 4.38. The van der Waals surface area contributed by atoms with E-state index in [0.717, 1.165) is 5.56 Å². The van der Waals surface area contributed by atoms with Gasteiger partial charge in [0.05, 0.1) is 25.1 Å². The van der Waals surface area contributed by atoms with E-state index in [2.05, 4.69) is 11.1 Å². The summed E-state index contributed by atoms with van der Waals surface area (Å²) in [5, 5.41) is 9.20. The first-order valence-corrected chi connectivity index (χ1v) is 7.68. The highest BCUT2D eigenvalue weighted by atomic mass is 16.7. The number of imidazole rings is 1. The number of hydrogen-bond acceptors (Lipinski definition) is 5. The average molecular weight is 311 g/mol. The summed E-state index contributed by atoms with van der Waals surface area (Å²) < 4.78 is 19.9. The molecule has 0 radical (unpaired) electrons. The Labute approximate surface area is 134 Å². The zero-order valence-electron chi connectivity index (χ0n) is 12.5. The summed E-state index contributed by atoms with van der Waals surface area (Å²) >= 11 is 0. The molecule has 118 valence electrons. The van der Waals surface area contributed by atoms with Gasteiger partial charge in [-0.05, 0) is 0 Å². The lowest BCUT2D eigenvalue weighted by Gasteiger charge is -2.33. The highest BCUT2D eigenvalue weighted by molar-refractivity contribution is 5.16. The predicted octanol–water partition coefficient (Wildman–Crippen LogP) is 2.42. The predicted molar refractivity (Wildman–Crippen MR) is 79.9 cm³/mol. The molecule has 5 atom stereocenters. The lowest BCUT2D eigenvalue weighted by atomic mass is 9.95. The first kappa shape index (κ1) is 14.4. The fourth-order valence-electron chi connectivity index (χ4n) is 3.30. The van der Waals surface area contributed by atoms with Crippen molar-refractivity contribution in [3.8, 4) is 6.07 Å². The second-order valence-electron chi connectivity index (χ2n) is 5.78. The van der Waals surface area contributed by atoms with Crippen LogP contribution in [0.3, 0.4) is 0 Å². The number of rotatable bonds is 3. The molecule has 23 heavy (non-hydrogen) atoms. The van der Waals surface area contributed by atoms with Crippen molar-refractivity contribution in [1.82, 2.24) is 9.55 Å². The topological polar surface area (TPSA) is 69.3 Å². The first-order chi connectivity index (χ1) is 11.4. The van der Waals surface area contributed by atoms with Gasteiger partial charge in [-0.25, -0.2) is 4.98 Å². The van der Waals surface area contributed by atoms with Crippen molar-refractivity contribution >= 4 is 0 Å². The molecule has 6 heteroatoms. The minimum absolute atomic E-state index is 0.0469. The number of nitrogens with zero attached hydrogens (tertiary/aromatic N) is 3. The van der Waals surface area contributed by atoms with Crippen molar-refractivity contribution in [3.05, 3.63) is 54.6 Å². The summed E-state index contributed by atoms with van der Waals surface area (Å²) in [5.41, 5.74) is 0.979. The normalized spacial score (nSPS) is 33.1. The summed E-state index contributed by atoms with van der Waals surface area (Å²) in [6.45, 7) is 0.456. The van der Waals surface area contributed by atoms with Gasteiger partial charge in [-0.1, -0.05) is 30.3 Å². The zero-order valence-corrected chi connectivity index (χ0v) is 12.5. The standard InChI is InChI=1S/C17H17N3O3/c18-7-6-13-15-14(22-16(13)20-9-8-19-11-20)10-21-17(23-15)12-4-2-1-3-5-12/h1-5,8-9,11,13-17H,6,10H2/t13-,14+,15-,16-,17?/m0/s1. The van der Waals surface area contributed by atoms with Crippen LogP contribution in [0.15, 0.2) is 49.1 Å². The van der Waals surface area contributed by atoms with Gasteiger partial charge in [-0.2, -0.15) is 5.26 Å². The molecule has 3 heterocycles. The van der Waals surface area contributed by atoms with E-state index in [1.165, 1.54) is 0 Å². The van der Waals surface area contributed by atoms with Gasteiger partial charge in [0.25, 0.3) is 0 Å². The molecule has 2 aliphatic heterocycles. The van der Waals surface area contributed by atoms with Crippen LogP contribution in [0.2, 0.25) is 0 Å². The SMILES string of the molecule is N#CC[C@H]1[C@@H]2OC(c3ccccc3)OC[C@H]2O[C@@H]1n1ccnc1. The van der Waals surface area contributed by atoms with Gasteiger partial charge in [0.15, 0.2) is 6.29 Å². The van der Waals surface area contributed by atoms with Gasteiger partial charge in [0.1, 0.15) is 12.3 Å². The van der Waals surface area contributed by atoms with Gasteiger partial charge < -0.3 is 18.8 Å². The lowest BCUT2D eigenvalue weighted by molar-refractivity contribution is -0.249. The molecule has 4 rings (SSSR count). The molecule has 6 nitrogen and oxygen atoms in total. The average Bonchev–Trinajstić information content (AvgIpc) is 3.24. The van der Waals surface area contributed by atoms with Crippen molar-refractivity contribution < 1.29 is 14.2 Å². The maximum atomic E-state index is 9.20. The Kier molecular flexibility index (Phi) is 3.83. The molecular weight excluding hydrogens is 294 g/mol. The highest BCUT2D eigenvalue weighted by Gasteiger charge is 2.49. The van der Waals surface area contributed by atoms with Crippen molar-refractivity contribution in [2.24, 2.45) is 5.92 Å². The van der Waals surface area contributed by atoms with Gasteiger partial charge in [0.2, 0.25) is 0 Å². The Bertz CT molecular complexity index is 683. The van der Waals surface area contributed by atoms with Gasteiger partial charge in [-0.15, -0.1) is 0 Å². The Hall–Kier alpha value is -2.20. The largest absolute Gasteiger partial charge is 0.349 e. The number of nitriles is 1. The third-order valence-corrected chi connectivity index (χ3v) is 4.38. The summed E-state index contributed by atoms with van der Waals surface area (Å²) in [6, 6.07) is 12.1. The number of hydrogen-bond donors (Lipinski definition) is 0. The van der Waals surface area contributed by atoms with E-state index in [4.69, 9.17) is 14.2 Å². The number of aromatic nitrogens is 2. The first-order valence-electron chi connectivity index (χ1n) is 7.68.